The molecule has 0 bridgehead atoms. The lowest BCUT2D eigenvalue weighted by Gasteiger charge is -2.33. The number of aromatic hydroxyl groups is 1. The van der Waals surface area contributed by atoms with Crippen LogP contribution in [0.4, 0.5) is 0 Å². The molecule has 0 saturated carbocycles. The first-order chi connectivity index (χ1) is 8.16. The van der Waals surface area contributed by atoms with Crippen molar-refractivity contribution < 1.29 is 14.6 Å². The van der Waals surface area contributed by atoms with Crippen LogP contribution in [0.15, 0.2) is 24.3 Å². The highest BCUT2D eigenvalue weighted by molar-refractivity contribution is 5.79. The summed E-state index contributed by atoms with van der Waals surface area (Å²) < 4.78 is 5.30. The molecule has 1 heterocycles. The van der Waals surface area contributed by atoms with Crippen LogP contribution in [-0.4, -0.2) is 41.7 Å². The van der Waals surface area contributed by atoms with Crippen molar-refractivity contribution in [2.45, 2.75) is 19.4 Å². The van der Waals surface area contributed by atoms with Gasteiger partial charge in [-0.3, -0.25) is 4.79 Å². The molecular weight excluding hydrogens is 218 g/mol. The van der Waals surface area contributed by atoms with E-state index < -0.39 is 0 Å². The Morgan fingerprint density at radius 1 is 1.59 bits per heavy atom. The number of rotatable bonds is 2. The predicted molar refractivity (Wildman–Crippen MR) is 63.8 cm³/mol. The average molecular weight is 235 g/mol. The number of hydrogen-bond donors (Lipinski definition) is 1. The summed E-state index contributed by atoms with van der Waals surface area (Å²) in [5.41, 5.74) is 0.841. The quantitative estimate of drug-likeness (QED) is 0.837. The first-order valence-electron chi connectivity index (χ1n) is 5.82. The van der Waals surface area contributed by atoms with Crippen LogP contribution in [0.2, 0.25) is 0 Å². The van der Waals surface area contributed by atoms with E-state index in [4.69, 9.17) is 4.74 Å². The Balaban J connectivity index is 2.01. The zero-order valence-corrected chi connectivity index (χ0v) is 9.93. The number of phenolic OH excluding ortho intramolecular Hbond substituents is 1. The van der Waals surface area contributed by atoms with Crippen molar-refractivity contribution in [1.82, 2.24) is 4.90 Å². The highest BCUT2D eigenvalue weighted by atomic mass is 16.5. The lowest BCUT2D eigenvalue weighted by Crippen LogP contribution is -2.47. The summed E-state index contributed by atoms with van der Waals surface area (Å²) in [6, 6.07) is 6.96. The third kappa shape index (κ3) is 2.97. The normalized spacial score (nSPS) is 20.3. The van der Waals surface area contributed by atoms with E-state index in [0.717, 1.165) is 5.56 Å². The van der Waals surface area contributed by atoms with E-state index in [1.807, 2.05) is 17.9 Å². The van der Waals surface area contributed by atoms with Crippen LogP contribution in [0.25, 0.3) is 0 Å². The van der Waals surface area contributed by atoms with Crippen molar-refractivity contribution in [1.29, 1.82) is 0 Å². The Labute approximate surface area is 101 Å². The lowest BCUT2D eigenvalue weighted by atomic mass is 10.1. The molecule has 1 aromatic rings. The summed E-state index contributed by atoms with van der Waals surface area (Å²) in [6.07, 6.45) is 0.332. The third-order valence-corrected chi connectivity index (χ3v) is 2.95. The van der Waals surface area contributed by atoms with Crippen LogP contribution < -0.4 is 0 Å². The fraction of sp³-hybridized carbons (Fsp3) is 0.462. The standard InChI is InChI=1S/C13H17NO3/c1-10-9-17-6-5-14(10)13(16)8-11-3-2-4-12(15)7-11/h2-4,7,10,15H,5-6,8-9H2,1H3. The number of carbonyl (C=O) groups is 1. The zero-order chi connectivity index (χ0) is 12.3. The highest BCUT2D eigenvalue weighted by Gasteiger charge is 2.23. The Hall–Kier alpha value is -1.55. The van der Waals surface area contributed by atoms with E-state index in [-0.39, 0.29) is 17.7 Å². The molecule has 1 aliphatic heterocycles. The maximum atomic E-state index is 12.1. The molecule has 0 radical (unpaired) electrons. The highest BCUT2D eigenvalue weighted by Crippen LogP contribution is 2.14. The van der Waals surface area contributed by atoms with Gasteiger partial charge in [-0.05, 0) is 24.6 Å². The van der Waals surface area contributed by atoms with E-state index >= 15 is 0 Å². The molecule has 92 valence electrons. The molecule has 1 aliphatic rings. The molecule has 2 rings (SSSR count). The van der Waals surface area contributed by atoms with Crippen LogP contribution in [0.5, 0.6) is 5.75 Å². The van der Waals surface area contributed by atoms with Gasteiger partial charge in [-0.15, -0.1) is 0 Å². The molecule has 4 heteroatoms. The van der Waals surface area contributed by atoms with Gasteiger partial charge >= 0.3 is 0 Å². The van der Waals surface area contributed by atoms with E-state index in [1.165, 1.54) is 0 Å². The smallest absolute Gasteiger partial charge is 0.227 e. The summed E-state index contributed by atoms with van der Waals surface area (Å²) in [4.78, 5) is 13.9. The van der Waals surface area contributed by atoms with Gasteiger partial charge < -0.3 is 14.7 Å². The Bertz CT molecular complexity index is 405. The molecule has 1 amide bonds. The number of nitrogens with zero attached hydrogens (tertiary/aromatic N) is 1. The monoisotopic (exact) mass is 235 g/mol. The number of phenols is 1. The van der Waals surface area contributed by atoms with Gasteiger partial charge in [0, 0.05) is 6.54 Å². The second kappa shape index (κ2) is 5.19. The lowest BCUT2D eigenvalue weighted by molar-refractivity contribution is -0.138. The minimum absolute atomic E-state index is 0.0893. The summed E-state index contributed by atoms with van der Waals surface area (Å²) in [6.45, 7) is 3.85. The van der Waals surface area contributed by atoms with Gasteiger partial charge in [0.25, 0.3) is 0 Å². The zero-order valence-electron chi connectivity index (χ0n) is 9.93. The first kappa shape index (κ1) is 11.9. The summed E-state index contributed by atoms with van der Waals surface area (Å²) in [5.74, 6) is 0.289. The SMILES string of the molecule is CC1COCCN1C(=O)Cc1cccc(O)c1. The maximum Gasteiger partial charge on any atom is 0.227 e. The number of carbonyl (C=O) groups excluding carboxylic acids is 1. The van der Waals surface area contributed by atoms with E-state index in [0.29, 0.717) is 26.2 Å². The van der Waals surface area contributed by atoms with E-state index in [1.54, 1.807) is 18.2 Å². The predicted octanol–water partition coefficient (Wildman–Crippen LogP) is 1.18. The molecule has 0 aliphatic carbocycles. The second-order valence-corrected chi connectivity index (χ2v) is 4.36. The Morgan fingerprint density at radius 2 is 2.41 bits per heavy atom. The largest absolute Gasteiger partial charge is 0.508 e. The van der Waals surface area contributed by atoms with Crippen molar-refractivity contribution in [2.75, 3.05) is 19.8 Å². The second-order valence-electron chi connectivity index (χ2n) is 4.36. The van der Waals surface area contributed by atoms with Gasteiger partial charge in [-0.2, -0.15) is 0 Å². The fourth-order valence-corrected chi connectivity index (χ4v) is 2.04. The van der Waals surface area contributed by atoms with Crippen LogP contribution in [-0.2, 0) is 16.0 Å². The molecule has 1 N–H and O–H groups in total. The van der Waals surface area contributed by atoms with Crippen LogP contribution in [0, 0.1) is 0 Å². The molecule has 0 aromatic heterocycles. The molecule has 1 atom stereocenters. The third-order valence-electron chi connectivity index (χ3n) is 2.95. The number of amides is 1. The van der Waals surface area contributed by atoms with Crippen molar-refractivity contribution >= 4 is 5.91 Å². The average Bonchev–Trinajstić information content (AvgIpc) is 2.29. The van der Waals surface area contributed by atoms with Gasteiger partial charge in [-0.1, -0.05) is 12.1 Å². The Morgan fingerprint density at radius 3 is 3.12 bits per heavy atom. The molecule has 17 heavy (non-hydrogen) atoms. The summed E-state index contributed by atoms with van der Waals surface area (Å²) in [5, 5.41) is 9.34. The number of ether oxygens (including phenoxy) is 1. The molecule has 1 saturated heterocycles. The van der Waals surface area contributed by atoms with E-state index in [2.05, 4.69) is 0 Å². The number of hydrogen-bond acceptors (Lipinski definition) is 3. The number of morpholine rings is 1. The summed E-state index contributed by atoms with van der Waals surface area (Å²) >= 11 is 0. The number of benzene rings is 1. The Kier molecular flexibility index (Phi) is 3.64. The van der Waals surface area contributed by atoms with Crippen LogP contribution >= 0.6 is 0 Å². The maximum absolute atomic E-state index is 12.1. The van der Waals surface area contributed by atoms with Crippen molar-refractivity contribution in [3.05, 3.63) is 29.8 Å². The van der Waals surface area contributed by atoms with Gasteiger partial charge in [0.15, 0.2) is 0 Å². The van der Waals surface area contributed by atoms with Crippen molar-refractivity contribution in [3.63, 3.8) is 0 Å². The van der Waals surface area contributed by atoms with Crippen LogP contribution in [0.1, 0.15) is 12.5 Å². The molecule has 4 nitrogen and oxygen atoms in total. The molecule has 1 unspecified atom stereocenters. The van der Waals surface area contributed by atoms with Crippen LogP contribution in [0.3, 0.4) is 0 Å². The van der Waals surface area contributed by atoms with Crippen molar-refractivity contribution in [2.24, 2.45) is 0 Å². The molecule has 1 fully saturated rings. The minimum Gasteiger partial charge on any atom is -0.508 e. The topological polar surface area (TPSA) is 49.8 Å². The van der Waals surface area contributed by atoms with Crippen molar-refractivity contribution in [3.8, 4) is 5.75 Å². The first-order valence-corrected chi connectivity index (χ1v) is 5.82. The van der Waals surface area contributed by atoms with E-state index in [9.17, 15) is 9.90 Å². The van der Waals surface area contributed by atoms with Gasteiger partial charge in [0.2, 0.25) is 5.91 Å². The minimum atomic E-state index is 0.0893. The molecule has 1 aromatic carbocycles. The van der Waals surface area contributed by atoms with Gasteiger partial charge in [0.05, 0.1) is 25.7 Å². The fourth-order valence-electron chi connectivity index (χ4n) is 2.04. The molecular formula is C13H17NO3. The van der Waals surface area contributed by atoms with Gasteiger partial charge in [0.1, 0.15) is 5.75 Å². The van der Waals surface area contributed by atoms with Gasteiger partial charge in [-0.25, -0.2) is 0 Å². The summed E-state index contributed by atoms with van der Waals surface area (Å²) in [7, 11) is 0. The molecule has 0 spiro atoms.